The Bertz CT molecular complexity index is 1290. The second kappa shape index (κ2) is 12.3. The van der Waals surface area contributed by atoms with Gasteiger partial charge < -0.3 is 10.2 Å². The highest BCUT2D eigenvalue weighted by Gasteiger charge is 2.65. The molecule has 4 saturated carbocycles. The number of benzene rings is 1. The van der Waals surface area contributed by atoms with Crippen LogP contribution in [0.5, 0.6) is 0 Å². The van der Waals surface area contributed by atoms with E-state index >= 15 is 0 Å². The Labute approximate surface area is 281 Å². The highest BCUT2D eigenvalue weighted by Crippen LogP contribution is 2.72. The molecule has 4 nitrogen and oxygen atoms in total. The lowest BCUT2D eigenvalue weighted by Gasteiger charge is -2.68. The lowest BCUT2D eigenvalue weighted by Crippen LogP contribution is -2.64. The maximum atomic E-state index is 12.4. The Kier molecular flexibility index (Phi) is 8.83. The Morgan fingerprint density at radius 3 is 2.35 bits per heavy atom. The Morgan fingerprint density at radius 2 is 1.61 bits per heavy atom. The number of carbonyl (C=O) groups is 1. The van der Waals surface area contributed by atoms with Gasteiger partial charge in [-0.1, -0.05) is 76.9 Å². The molecule has 1 heterocycles. The summed E-state index contributed by atoms with van der Waals surface area (Å²) >= 11 is 0. The zero-order valence-electron chi connectivity index (χ0n) is 30.3. The highest BCUT2D eigenvalue weighted by atomic mass is 16.2. The number of nitrogens with zero attached hydrogens (tertiary/aromatic N) is 2. The van der Waals surface area contributed by atoms with Gasteiger partial charge in [-0.3, -0.25) is 9.69 Å². The van der Waals surface area contributed by atoms with Crippen LogP contribution in [-0.2, 0) is 4.79 Å². The Morgan fingerprint density at radius 1 is 0.848 bits per heavy atom. The number of hydrogen-bond donors (Lipinski definition) is 1. The van der Waals surface area contributed by atoms with E-state index < -0.39 is 0 Å². The third-order valence-electron chi connectivity index (χ3n) is 15.5. The van der Waals surface area contributed by atoms with Crippen LogP contribution >= 0.6 is 0 Å². The van der Waals surface area contributed by atoms with Gasteiger partial charge in [-0.15, -0.1) is 0 Å². The van der Waals surface area contributed by atoms with E-state index in [1.54, 1.807) is 5.57 Å². The van der Waals surface area contributed by atoms with E-state index in [1.807, 2.05) is 0 Å². The average Bonchev–Trinajstić information content (AvgIpc) is 3.46. The third-order valence-corrected chi connectivity index (χ3v) is 15.5. The quantitative estimate of drug-likeness (QED) is 0.328. The molecule has 0 radical (unpaired) electrons. The van der Waals surface area contributed by atoms with Crippen LogP contribution in [0.25, 0.3) is 5.57 Å². The number of rotatable bonds is 7. The molecule has 0 bridgehead atoms. The zero-order valence-corrected chi connectivity index (χ0v) is 30.3. The van der Waals surface area contributed by atoms with Crippen molar-refractivity contribution in [3.05, 3.63) is 41.5 Å². The van der Waals surface area contributed by atoms with Crippen molar-refractivity contribution in [2.75, 3.05) is 39.3 Å². The van der Waals surface area contributed by atoms with Crippen molar-refractivity contribution in [2.45, 2.75) is 124 Å². The molecule has 4 heteroatoms. The molecular weight excluding hydrogens is 562 g/mol. The van der Waals surface area contributed by atoms with Gasteiger partial charge in [0.05, 0.1) is 0 Å². The molecule has 4 unspecified atom stereocenters. The molecule has 5 fully saturated rings. The molecular formula is C42H65N3O. The van der Waals surface area contributed by atoms with Gasteiger partial charge in [0.2, 0.25) is 5.91 Å². The Hall–Kier alpha value is -1.65. The van der Waals surface area contributed by atoms with Gasteiger partial charge in [0.1, 0.15) is 0 Å². The van der Waals surface area contributed by atoms with Gasteiger partial charge in [0.25, 0.3) is 0 Å². The van der Waals surface area contributed by atoms with Gasteiger partial charge in [-0.2, -0.15) is 0 Å². The first kappa shape index (κ1) is 32.9. The average molecular weight is 628 g/mol. The van der Waals surface area contributed by atoms with E-state index in [9.17, 15) is 4.79 Å². The van der Waals surface area contributed by atoms with E-state index in [1.165, 1.54) is 75.3 Å². The first-order chi connectivity index (χ1) is 22.0. The maximum Gasteiger partial charge on any atom is 0.222 e. The SMILES string of the molecule is CCCC(=O)N1CCN(CCN[C@]23CCCC2[C@H]2CCC4[C@@](C)(CCC5C(C)(C)C(c6ccc(C)cc6)=CC[C@@]54C)C2CC3)CC1. The summed E-state index contributed by atoms with van der Waals surface area (Å²) in [6, 6.07) is 9.37. The summed E-state index contributed by atoms with van der Waals surface area (Å²) in [7, 11) is 0. The van der Waals surface area contributed by atoms with Crippen LogP contribution in [0.15, 0.2) is 30.3 Å². The standard InChI is InChI=1S/C42H65N3O/c1-7-9-38(46)45-28-26-44(27-29-45)25-24-43-42-20-8-10-35(42)32-15-16-37-40(5,34(32)18-23-42)22-19-36-39(3,4)33(17-21-41(36,37)6)31-13-11-30(2)12-14-31/h11-14,17,32,34-37,43H,7-10,15-16,18-29H2,1-6H3/t32-,34?,35?,36?,37?,40-,41-,42-/m0/s1. The fourth-order valence-corrected chi connectivity index (χ4v) is 13.4. The molecule has 6 aliphatic rings. The van der Waals surface area contributed by atoms with E-state index in [-0.39, 0.29) is 5.41 Å². The summed E-state index contributed by atoms with van der Waals surface area (Å²) in [5, 5.41) is 4.27. The smallest absolute Gasteiger partial charge is 0.222 e. The molecule has 1 saturated heterocycles. The monoisotopic (exact) mass is 628 g/mol. The highest BCUT2D eigenvalue weighted by molar-refractivity contribution is 5.76. The van der Waals surface area contributed by atoms with Crippen LogP contribution in [0.4, 0.5) is 0 Å². The molecule has 7 rings (SSSR count). The summed E-state index contributed by atoms with van der Waals surface area (Å²) in [5.41, 5.74) is 5.91. The van der Waals surface area contributed by atoms with Crippen LogP contribution in [0.1, 0.15) is 123 Å². The molecule has 5 aliphatic carbocycles. The first-order valence-electron chi connectivity index (χ1n) is 19.5. The molecule has 1 aliphatic heterocycles. The topological polar surface area (TPSA) is 35.6 Å². The van der Waals surface area contributed by atoms with E-state index in [4.69, 9.17) is 0 Å². The summed E-state index contributed by atoms with van der Waals surface area (Å²) in [6.45, 7) is 21.1. The van der Waals surface area contributed by atoms with Crippen LogP contribution in [-0.4, -0.2) is 60.5 Å². The fraction of sp³-hybridized carbons (Fsp3) is 0.786. The van der Waals surface area contributed by atoms with Crippen molar-refractivity contribution in [3.63, 3.8) is 0 Å². The number of hydrogen-bond acceptors (Lipinski definition) is 3. The number of nitrogens with one attached hydrogen (secondary N) is 1. The van der Waals surface area contributed by atoms with Gasteiger partial charge in [-0.05, 0) is 128 Å². The molecule has 1 amide bonds. The maximum absolute atomic E-state index is 12.4. The summed E-state index contributed by atoms with van der Waals surface area (Å²) in [4.78, 5) is 17.1. The van der Waals surface area contributed by atoms with Crippen LogP contribution in [0, 0.1) is 52.8 Å². The second-order valence-electron chi connectivity index (χ2n) is 18.0. The number of carbonyl (C=O) groups excluding carboxylic acids is 1. The van der Waals surface area contributed by atoms with Crippen molar-refractivity contribution in [1.82, 2.24) is 15.1 Å². The van der Waals surface area contributed by atoms with Gasteiger partial charge in [0, 0.05) is 51.2 Å². The lowest BCUT2D eigenvalue weighted by atomic mass is 9.37. The van der Waals surface area contributed by atoms with E-state index in [2.05, 4.69) is 87.0 Å². The van der Waals surface area contributed by atoms with Gasteiger partial charge >= 0.3 is 0 Å². The molecule has 0 aromatic heterocycles. The molecule has 1 N–H and O–H groups in total. The number of allylic oxidation sites excluding steroid dienone is 2. The molecule has 1 aromatic rings. The lowest BCUT2D eigenvalue weighted by molar-refractivity contribution is -0.172. The van der Waals surface area contributed by atoms with Crippen molar-refractivity contribution >= 4 is 11.5 Å². The predicted molar refractivity (Wildman–Crippen MR) is 191 cm³/mol. The summed E-state index contributed by atoms with van der Waals surface area (Å²) < 4.78 is 0. The molecule has 46 heavy (non-hydrogen) atoms. The van der Waals surface area contributed by atoms with Crippen molar-refractivity contribution in [3.8, 4) is 0 Å². The minimum atomic E-state index is 0.217. The zero-order chi connectivity index (χ0) is 32.3. The normalized spacial score (nSPS) is 40.3. The number of piperazine rings is 1. The van der Waals surface area contributed by atoms with Crippen molar-refractivity contribution in [1.29, 1.82) is 0 Å². The molecule has 254 valence electrons. The molecule has 8 atom stereocenters. The largest absolute Gasteiger partial charge is 0.340 e. The van der Waals surface area contributed by atoms with Crippen LogP contribution in [0.3, 0.4) is 0 Å². The second-order valence-corrected chi connectivity index (χ2v) is 18.0. The number of fused-ring (bicyclic) bond motifs is 7. The van der Waals surface area contributed by atoms with Crippen LogP contribution < -0.4 is 5.32 Å². The van der Waals surface area contributed by atoms with Gasteiger partial charge in [0.15, 0.2) is 0 Å². The minimum absolute atomic E-state index is 0.217. The first-order valence-corrected chi connectivity index (χ1v) is 19.5. The summed E-state index contributed by atoms with van der Waals surface area (Å²) in [6.07, 6.45) is 18.4. The third kappa shape index (κ3) is 5.35. The number of amides is 1. The number of aryl methyl sites for hydroxylation is 1. The van der Waals surface area contributed by atoms with Crippen LogP contribution in [0.2, 0.25) is 0 Å². The summed E-state index contributed by atoms with van der Waals surface area (Å²) in [5.74, 6) is 4.65. The predicted octanol–water partition coefficient (Wildman–Crippen LogP) is 8.74. The molecule has 0 spiro atoms. The van der Waals surface area contributed by atoms with E-state index in [0.717, 1.165) is 75.3 Å². The minimum Gasteiger partial charge on any atom is -0.340 e. The fourth-order valence-electron chi connectivity index (χ4n) is 13.4. The van der Waals surface area contributed by atoms with Crippen molar-refractivity contribution in [2.24, 2.45) is 45.8 Å². The Balaban J connectivity index is 1.02. The van der Waals surface area contributed by atoms with Crippen molar-refractivity contribution < 1.29 is 4.79 Å². The van der Waals surface area contributed by atoms with E-state index in [0.29, 0.717) is 28.7 Å². The van der Waals surface area contributed by atoms with Gasteiger partial charge in [-0.25, -0.2) is 0 Å². The molecule has 1 aromatic carbocycles.